The first-order chi connectivity index (χ1) is 11.0. The van der Waals surface area contributed by atoms with Crippen LogP contribution in [0.25, 0.3) is 0 Å². The molecule has 0 aliphatic rings. The van der Waals surface area contributed by atoms with Crippen molar-refractivity contribution in [3.8, 4) is 5.88 Å². The molecule has 23 heavy (non-hydrogen) atoms. The van der Waals surface area contributed by atoms with Crippen molar-refractivity contribution in [2.24, 2.45) is 0 Å². The monoisotopic (exact) mass is 321 g/mol. The molecule has 2 amide bonds. The average Bonchev–Trinajstić information content (AvgIpc) is 2.55. The van der Waals surface area contributed by atoms with Gasteiger partial charge in [-0.15, -0.1) is 0 Å². The van der Waals surface area contributed by atoms with Gasteiger partial charge in [0.05, 0.1) is 12.8 Å². The van der Waals surface area contributed by atoms with E-state index >= 15 is 0 Å². The lowest BCUT2D eigenvalue weighted by Crippen LogP contribution is -2.35. The molecule has 0 aliphatic heterocycles. The van der Waals surface area contributed by atoms with Crippen molar-refractivity contribution in [1.82, 2.24) is 10.3 Å². The third-order valence-corrected chi connectivity index (χ3v) is 2.85. The van der Waals surface area contributed by atoms with E-state index in [-0.39, 0.29) is 12.2 Å². The fourth-order valence-corrected chi connectivity index (χ4v) is 1.67. The van der Waals surface area contributed by atoms with Gasteiger partial charge in [-0.2, -0.15) is 0 Å². The Bertz CT molecular complexity index is 720. The second-order valence-corrected chi connectivity index (χ2v) is 4.47. The maximum absolute atomic E-state index is 13.4. The number of ether oxygens (including phenoxy) is 1. The number of nitrogens with one attached hydrogen (secondary N) is 2. The normalized spacial score (nSPS) is 10.0. The highest BCUT2D eigenvalue weighted by Gasteiger charge is 2.15. The van der Waals surface area contributed by atoms with Crippen molar-refractivity contribution in [2.45, 2.75) is 6.54 Å². The minimum atomic E-state index is -1.06. The number of carbonyl (C=O) groups is 2. The Morgan fingerprint density at radius 3 is 2.57 bits per heavy atom. The molecule has 0 bridgehead atoms. The number of pyridine rings is 1. The SMILES string of the molecule is COc1ccc(CNC(=O)C(=O)Nc2ccc(F)cc2F)cn1. The molecule has 120 valence electrons. The van der Waals surface area contributed by atoms with Crippen LogP contribution in [0.1, 0.15) is 5.56 Å². The van der Waals surface area contributed by atoms with Crippen LogP contribution in [0.15, 0.2) is 36.5 Å². The summed E-state index contributed by atoms with van der Waals surface area (Å²) in [6, 6.07) is 5.89. The summed E-state index contributed by atoms with van der Waals surface area (Å²) in [7, 11) is 1.47. The third-order valence-electron chi connectivity index (χ3n) is 2.85. The minimum absolute atomic E-state index is 0.0646. The number of hydrogen-bond acceptors (Lipinski definition) is 4. The number of methoxy groups -OCH3 is 1. The second kappa shape index (κ2) is 7.30. The van der Waals surface area contributed by atoms with Crippen LogP contribution < -0.4 is 15.4 Å². The fraction of sp³-hybridized carbons (Fsp3) is 0.133. The molecule has 0 spiro atoms. The van der Waals surface area contributed by atoms with Crippen LogP contribution in [0.4, 0.5) is 14.5 Å². The second-order valence-electron chi connectivity index (χ2n) is 4.47. The van der Waals surface area contributed by atoms with Gasteiger partial charge in [-0.25, -0.2) is 13.8 Å². The number of hydrogen-bond donors (Lipinski definition) is 2. The van der Waals surface area contributed by atoms with Crippen LogP contribution in [-0.2, 0) is 16.1 Å². The molecule has 2 N–H and O–H groups in total. The Hall–Kier alpha value is -3.03. The molecular weight excluding hydrogens is 308 g/mol. The summed E-state index contributed by atoms with van der Waals surface area (Å²) < 4.78 is 31.0. The van der Waals surface area contributed by atoms with E-state index in [4.69, 9.17) is 4.74 Å². The van der Waals surface area contributed by atoms with Gasteiger partial charge in [-0.1, -0.05) is 6.07 Å². The van der Waals surface area contributed by atoms with E-state index in [1.165, 1.54) is 13.3 Å². The van der Waals surface area contributed by atoms with Gasteiger partial charge >= 0.3 is 11.8 Å². The largest absolute Gasteiger partial charge is 0.481 e. The molecular formula is C15H13F2N3O3. The first-order valence-corrected chi connectivity index (χ1v) is 6.52. The van der Waals surface area contributed by atoms with Gasteiger partial charge in [0.25, 0.3) is 0 Å². The Kier molecular flexibility index (Phi) is 5.19. The van der Waals surface area contributed by atoms with Crippen LogP contribution in [0.2, 0.25) is 0 Å². The Balaban J connectivity index is 1.90. The summed E-state index contributed by atoms with van der Waals surface area (Å²) >= 11 is 0. The maximum atomic E-state index is 13.4. The maximum Gasteiger partial charge on any atom is 0.313 e. The molecule has 0 aliphatic carbocycles. The molecule has 0 saturated carbocycles. The van der Waals surface area contributed by atoms with Gasteiger partial charge in [0.15, 0.2) is 0 Å². The number of anilines is 1. The van der Waals surface area contributed by atoms with Crippen LogP contribution in [-0.4, -0.2) is 23.9 Å². The lowest BCUT2D eigenvalue weighted by atomic mass is 10.2. The number of benzene rings is 1. The number of aromatic nitrogens is 1. The van der Waals surface area contributed by atoms with Crippen molar-refractivity contribution in [3.05, 3.63) is 53.7 Å². The Morgan fingerprint density at radius 2 is 1.96 bits per heavy atom. The molecule has 1 aromatic carbocycles. The van der Waals surface area contributed by atoms with Crippen LogP contribution in [0.5, 0.6) is 5.88 Å². The van der Waals surface area contributed by atoms with Gasteiger partial charge < -0.3 is 15.4 Å². The summed E-state index contributed by atoms with van der Waals surface area (Å²) in [5, 5.41) is 4.42. The predicted molar refractivity (Wildman–Crippen MR) is 77.6 cm³/mol. The smallest absolute Gasteiger partial charge is 0.313 e. The highest BCUT2D eigenvalue weighted by atomic mass is 19.1. The van der Waals surface area contributed by atoms with Gasteiger partial charge in [0, 0.05) is 24.9 Å². The van der Waals surface area contributed by atoms with Crippen LogP contribution in [0.3, 0.4) is 0 Å². The van der Waals surface area contributed by atoms with Crippen molar-refractivity contribution in [1.29, 1.82) is 0 Å². The molecule has 0 radical (unpaired) electrons. The van der Waals surface area contributed by atoms with Gasteiger partial charge in [0.1, 0.15) is 11.6 Å². The zero-order chi connectivity index (χ0) is 16.8. The topological polar surface area (TPSA) is 80.3 Å². The van der Waals surface area contributed by atoms with Gasteiger partial charge in [-0.05, 0) is 17.7 Å². The molecule has 0 atom stereocenters. The van der Waals surface area contributed by atoms with Crippen molar-refractivity contribution in [2.75, 3.05) is 12.4 Å². The van der Waals surface area contributed by atoms with E-state index in [0.29, 0.717) is 17.5 Å². The number of nitrogens with zero attached hydrogens (tertiary/aromatic N) is 1. The predicted octanol–water partition coefficient (Wildman–Crippen LogP) is 1.62. The van der Waals surface area contributed by atoms with Gasteiger partial charge in [0.2, 0.25) is 5.88 Å². The number of halogens is 2. The first kappa shape index (κ1) is 16.3. The van der Waals surface area contributed by atoms with Crippen molar-refractivity contribution >= 4 is 17.5 Å². The fourth-order valence-electron chi connectivity index (χ4n) is 1.67. The van der Waals surface area contributed by atoms with E-state index in [1.807, 2.05) is 0 Å². The molecule has 2 rings (SSSR count). The average molecular weight is 321 g/mol. The van der Waals surface area contributed by atoms with E-state index in [2.05, 4.69) is 15.6 Å². The lowest BCUT2D eigenvalue weighted by Gasteiger charge is -2.07. The Labute approximate surface area is 130 Å². The molecule has 1 aromatic heterocycles. The highest BCUT2D eigenvalue weighted by Crippen LogP contribution is 2.14. The zero-order valence-electron chi connectivity index (χ0n) is 12.1. The third kappa shape index (κ3) is 4.47. The van der Waals surface area contributed by atoms with E-state index in [1.54, 1.807) is 12.1 Å². The number of rotatable bonds is 4. The van der Waals surface area contributed by atoms with Crippen molar-refractivity contribution < 1.29 is 23.1 Å². The van der Waals surface area contributed by atoms with E-state index < -0.39 is 23.4 Å². The highest BCUT2D eigenvalue weighted by molar-refractivity contribution is 6.39. The Morgan fingerprint density at radius 1 is 1.17 bits per heavy atom. The summed E-state index contributed by atoms with van der Waals surface area (Å²) in [6.07, 6.45) is 1.48. The summed E-state index contributed by atoms with van der Waals surface area (Å²) in [6.45, 7) is 0.0646. The molecule has 0 fully saturated rings. The number of carbonyl (C=O) groups excluding carboxylic acids is 2. The lowest BCUT2D eigenvalue weighted by molar-refractivity contribution is -0.136. The van der Waals surface area contributed by atoms with Crippen LogP contribution >= 0.6 is 0 Å². The standard InChI is InChI=1S/C15H13F2N3O3/c1-23-13-5-2-9(7-18-13)8-19-14(21)15(22)20-12-4-3-10(16)6-11(12)17/h2-7H,8H2,1H3,(H,19,21)(H,20,22). The molecule has 0 unspecified atom stereocenters. The number of amides is 2. The zero-order valence-corrected chi connectivity index (χ0v) is 12.1. The van der Waals surface area contributed by atoms with E-state index in [0.717, 1.165) is 12.1 Å². The summed E-state index contributed by atoms with van der Waals surface area (Å²) in [5.41, 5.74) is 0.373. The molecule has 2 aromatic rings. The molecule has 8 heteroatoms. The van der Waals surface area contributed by atoms with Crippen molar-refractivity contribution in [3.63, 3.8) is 0 Å². The first-order valence-electron chi connectivity index (χ1n) is 6.52. The van der Waals surface area contributed by atoms with Gasteiger partial charge in [-0.3, -0.25) is 9.59 Å². The summed E-state index contributed by atoms with van der Waals surface area (Å²) in [5.74, 6) is -3.34. The summed E-state index contributed by atoms with van der Waals surface area (Å²) in [4.78, 5) is 27.3. The molecule has 6 nitrogen and oxygen atoms in total. The molecule has 0 saturated heterocycles. The van der Waals surface area contributed by atoms with Crippen LogP contribution in [0, 0.1) is 11.6 Å². The molecule has 1 heterocycles. The van der Waals surface area contributed by atoms with E-state index in [9.17, 15) is 18.4 Å². The quantitative estimate of drug-likeness (QED) is 0.839. The minimum Gasteiger partial charge on any atom is -0.481 e.